The maximum absolute atomic E-state index is 13.6. The van der Waals surface area contributed by atoms with Crippen molar-refractivity contribution in [1.82, 2.24) is 29.7 Å². The molecule has 3 rings (SSSR count). The van der Waals surface area contributed by atoms with Crippen LogP contribution in [0.4, 0.5) is 13.2 Å². The molecule has 0 saturated heterocycles. The molecular weight excluding hydrogens is 385 g/mol. The number of nitrogens with zero attached hydrogens (tertiary/aromatic N) is 5. The zero-order valence-corrected chi connectivity index (χ0v) is 16.9. The Hall–Kier alpha value is -2.91. The minimum absolute atomic E-state index is 0.0298. The Morgan fingerprint density at radius 3 is 2.45 bits per heavy atom. The summed E-state index contributed by atoms with van der Waals surface area (Å²) in [5, 5.41) is 10.9. The monoisotopic (exact) mass is 408 g/mol. The van der Waals surface area contributed by atoms with E-state index in [0.29, 0.717) is 16.8 Å². The second-order valence-corrected chi connectivity index (χ2v) is 7.87. The van der Waals surface area contributed by atoms with Crippen LogP contribution in [0.25, 0.3) is 5.65 Å². The largest absolute Gasteiger partial charge is 0.433 e. The van der Waals surface area contributed by atoms with Crippen LogP contribution in [0.5, 0.6) is 0 Å². The Morgan fingerprint density at radius 1 is 1.21 bits per heavy atom. The summed E-state index contributed by atoms with van der Waals surface area (Å²) < 4.78 is 43.1. The molecule has 1 atom stereocenters. The SMILES string of the molecule is CCn1ccc(C(C)NC(=O)c2cc3nc(C(C)(C)C)cc(C(F)(F)F)n3n2)n1. The van der Waals surface area contributed by atoms with Gasteiger partial charge in [0, 0.05) is 24.2 Å². The van der Waals surface area contributed by atoms with Crippen LogP contribution >= 0.6 is 0 Å². The van der Waals surface area contributed by atoms with Crippen molar-refractivity contribution in [1.29, 1.82) is 0 Å². The van der Waals surface area contributed by atoms with Gasteiger partial charge in [0.05, 0.1) is 17.4 Å². The third-order valence-electron chi connectivity index (χ3n) is 4.50. The van der Waals surface area contributed by atoms with Gasteiger partial charge in [0.1, 0.15) is 5.69 Å². The Labute approximate surface area is 165 Å². The zero-order valence-electron chi connectivity index (χ0n) is 16.9. The van der Waals surface area contributed by atoms with Gasteiger partial charge in [0.25, 0.3) is 5.91 Å². The number of fused-ring (bicyclic) bond motifs is 1. The van der Waals surface area contributed by atoms with Crippen LogP contribution in [0.15, 0.2) is 24.4 Å². The first-order valence-corrected chi connectivity index (χ1v) is 9.23. The van der Waals surface area contributed by atoms with Gasteiger partial charge in [-0.1, -0.05) is 20.8 Å². The minimum Gasteiger partial charge on any atom is -0.342 e. The van der Waals surface area contributed by atoms with Crippen molar-refractivity contribution in [2.75, 3.05) is 0 Å². The molecule has 3 aromatic rings. The Kier molecular flexibility index (Phi) is 5.14. The first-order chi connectivity index (χ1) is 13.4. The van der Waals surface area contributed by atoms with Crippen LogP contribution in [0.2, 0.25) is 0 Å². The highest BCUT2D eigenvalue weighted by Gasteiger charge is 2.36. The molecule has 0 aliphatic carbocycles. The highest BCUT2D eigenvalue weighted by atomic mass is 19.4. The molecule has 0 fully saturated rings. The number of nitrogens with one attached hydrogen (secondary N) is 1. The summed E-state index contributed by atoms with van der Waals surface area (Å²) in [5.74, 6) is -0.598. The topological polar surface area (TPSA) is 77.1 Å². The third kappa shape index (κ3) is 4.25. The number of aryl methyl sites for hydroxylation is 1. The first-order valence-electron chi connectivity index (χ1n) is 9.23. The Balaban J connectivity index is 1.96. The molecule has 156 valence electrons. The number of halogens is 3. The van der Waals surface area contributed by atoms with Crippen LogP contribution in [0.3, 0.4) is 0 Å². The van der Waals surface area contributed by atoms with Gasteiger partial charge in [0.15, 0.2) is 11.3 Å². The van der Waals surface area contributed by atoms with E-state index in [1.165, 1.54) is 6.07 Å². The number of rotatable bonds is 4. The maximum atomic E-state index is 13.6. The summed E-state index contributed by atoms with van der Waals surface area (Å²) in [4.78, 5) is 16.9. The molecule has 1 unspecified atom stereocenters. The maximum Gasteiger partial charge on any atom is 0.433 e. The normalized spacial score (nSPS) is 13.7. The van der Waals surface area contributed by atoms with E-state index in [9.17, 15) is 18.0 Å². The fourth-order valence-corrected chi connectivity index (χ4v) is 2.80. The van der Waals surface area contributed by atoms with Gasteiger partial charge in [-0.25, -0.2) is 9.50 Å². The van der Waals surface area contributed by atoms with Crippen molar-refractivity contribution < 1.29 is 18.0 Å². The van der Waals surface area contributed by atoms with Crippen molar-refractivity contribution in [3.63, 3.8) is 0 Å². The predicted octanol–water partition coefficient (Wildman–Crippen LogP) is 3.75. The summed E-state index contributed by atoms with van der Waals surface area (Å²) in [7, 11) is 0. The van der Waals surface area contributed by atoms with E-state index >= 15 is 0 Å². The molecule has 0 radical (unpaired) electrons. The molecule has 0 bridgehead atoms. The van der Waals surface area contributed by atoms with Gasteiger partial charge in [-0.2, -0.15) is 23.4 Å². The van der Waals surface area contributed by atoms with E-state index in [4.69, 9.17) is 0 Å². The van der Waals surface area contributed by atoms with Crippen LogP contribution in [0.1, 0.15) is 68.2 Å². The molecule has 1 amide bonds. The fourth-order valence-electron chi connectivity index (χ4n) is 2.80. The van der Waals surface area contributed by atoms with E-state index in [1.54, 1.807) is 44.6 Å². The van der Waals surface area contributed by atoms with Crippen molar-refractivity contribution >= 4 is 11.6 Å². The number of alkyl halides is 3. The van der Waals surface area contributed by atoms with Gasteiger partial charge >= 0.3 is 6.18 Å². The van der Waals surface area contributed by atoms with E-state index in [-0.39, 0.29) is 17.0 Å². The lowest BCUT2D eigenvalue weighted by Crippen LogP contribution is -2.27. The molecule has 0 spiro atoms. The van der Waals surface area contributed by atoms with Gasteiger partial charge in [0.2, 0.25) is 0 Å². The van der Waals surface area contributed by atoms with Crippen molar-refractivity contribution in [3.05, 3.63) is 47.2 Å². The molecule has 0 aliphatic heterocycles. The lowest BCUT2D eigenvalue weighted by molar-refractivity contribution is -0.142. The fraction of sp³-hybridized carbons (Fsp3) is 0.474. The summed E-state index contributed by atoms with van der Waals surface area (Å²) in [6.07, 6.45) is -2.85. The molecule has 0 aliphatic rings. The predicted molar refractivity (Wildman–Crippen MR) is 100 cm³/mol. The Bertz CT molecular complexity index is 1040. The molecule has 3 heterocycles. The number of amides is 1. The molecule has 1 N–H and O–H groups in total. The molecule has 0 saturated carbocycles. The zero-order chi connectivity index (χ0) is 21.6. The van der Waals surface area contributed by atoms with Crippen molar-refractivity contribution in [2.24, 2.45) is 0 Å². The standard InChI is InChI=1S/C19H23F3N6O/c1-6-27-8-7-12(25-27)11(2)23-17(29)13-9-16-24-14(18(3,4)5)10-15(19(20,21)22)28(16)26-13/h7-11H,6H2,1-5H3,(H,23,29). The lowest BCUT2D eigenvalue weighted by Gasteiger charge is -2.19. The van der Waals surface area contributed by atoms with Crippen LogP contribution in [0, 0.1) is 0 Å². The van der Waals surface area contributed by atoms with E-state index in [0.717, 1.165) is 6.07 Å². The number of aromatic nitrogens is 5. The van der Waals surface area contributed by atoms with E-state index in [2.05, 4.69) is 20.5 Å². The van der Waals surface area contributed by atoms with E-state index < -0.39 is 29.2 Å². The molecular formula is C19H23F3N6O. The Morgan fingerprint density at radius 2 is 1.90 bits per heavy atom. The second-order valence-electron chi connectivity index (χ2n) is 7.87. The number of hydrogen-bond donors (Lipinski definition) is 1. The van der Waals surface area contributed by atoms with Gasteiger partial charge in [-0.3, -0.25) is 9.48 Å². The van der Waals surface area contributed by atoms with Gasteiger partial charge < -0.3 is 5.32 Å². The number of carbonyl (C=O) groups excluding carboxylic acids is 1. The third-order valence-corrected chi connectivity index (χ3v) is 4.50. The molecule has 10 heteroatoms. The quantitative estimate of drug-likeness (QED) is 0.713. The van der Waals surface area contributed by atoms with Crippen molar-refractivity contribution in [2.45, 2.75) is 58.8 Å². The second kappa shape index (κ2) is 7.16. The van der Waals surface area contributed by atoms with Crippen molar-refractivity contribution in [3.8, 4) is 0 Å². The highest BCUT2D eigenvalue weighted by molar-refractivity contribution is 5.93. The molecule has 3 aromatic heterocycles. The summed E-state index contributed by atoms with van der Waals surface area (Å²) in [5.41, 5.74) is -0.827. The summed E-state index contributed by atoms with van der Waals surface area (Å²) in [6, 6.07) is 3.58. The average molecular weight is 408 g/mol. The smallest absolute Gasteiger partial charge is 0.342 e. The lowest BCUT2D eigenvalue weighted by atomic mass is 9.91. The van der Waals surface area contributed by atoms with Crippen LogP contribution in [-0.4, -0.2) is 30.3 Å². The highest BCUT2D eigenvalue weighted by Crippen LogP contribution is 2.32. The summed E-state index contributed by atoms with van der Waals surface area (Å²) >= 11 is 0. The number of carbonyl (C=O) groups is 1. The first kappa shape index (κ1) is 20.8. The van der Waals surface area contributed by atoms with Crippen LogP contribution < -0.4 is 5.32 Å². The van der Waals surface area contributed by atoms with Crippen LogP contribution in [-0.2, 0) is 18.1 Å². The molecule has 29 heavy (non-hydrogen) atoms. The number of hydrogen-bond acceptors (Lipinski definition) is 4. The minimum atomic E-state index is -4.64. The van der Waals surface area contributed by atoms with Gasteiger partial charge in [-0.15, -0.1) is 0 Å². The molecule has 0 aromatic carbocycles. The van der Waals surface area contributed by atoms with E-state index in [1.807, 2.05) is 6.92 Å². The molecule has 7 nitrogen and oxygen atoms in total. The average Bonchev–Trinajstić information content (AvgIpc) is 3.25. The van der Waals surface area contributed by atoms with Gasteiger partial charge in [-0.05, 0) is 26.0 Å². The summed E-state index contributed by atoms with van der Waals surface area (Å²) in [6.45, 7) is 9.68.